The van der Waals surface area contributed by atoms with Crippen molar-refractivity contribution in [2.45, 2.75) is 18.5 Å². The van der Waals surface area contributed by atoms with Gasteiger partial charge in [0.05, 0.1) is 7.11 Å². The Balaban J connectivity index is 2.10. The first-order valence-electron chi connectivity index (χ1n) is 5.91. The lowest BCUT2D eigenvalue weighted by Crippen LogP contribution is -2.38. The second-order valence-corrected chi connectivity index (χ2v) is 4.22. The molecule has 4 nitrogen and oxygen atoms in total. The summed E-state index contributed by atoms with van der Waals surface area (Å²) in [5.41, 5.74) is 0.950. The number of carbonyl (C=O) groups excluding carboxylic acids is 1. The highest BCUT2D eigenvalue weighted by Crippen LogP contribution is 2.16. The molecule has 92 valence electrons. The van der Waals surface area contributed by atoms with Crippen LogP contribution < -0.4 is 10.6 Å². The topological polar surface area (TPSA) is 50.4 Å². The molecule has 1 aliphatic heterocycles. The van der Waals surface area contributed by atoms with Gasteiger partial charge in [-0.05, 0) is 18.5 Å². The summed E-state index contributed by atoms with van der Waals surface area (Å²) in [6.45, 7) is 1.90. The fraction of sp³-hybridized carbons (Fsp3) is 0.462. The number of methoxy groups -OCH3 is 1. The highest BCUT2D eigenvalue weighted by atomic mass is 16.5. The summed E-state index contributed by atoms with van der Waals surface area (Å²) in [4.78, 5) is 11.8. The van der Waals surface area contributed by atoms with Crippen LogP contribution in [0.4, 0.5) is 0 Å². The van der Waals surface area contributed by atoms with E-state index < -0.39 is 0 Å². The van der Waals surface area contributed by atoms with Crippen molar-refractivity contribution in [2.24, 2.45) is 0 Å². The molecule has 1 aromatic carbocycles. The van der Waals surface area contributed by atoms with Crippen molar-refractivity contribution in [1.29, 1.82) is 0 Å². The van der Waals surface area contributed by atoms with Crippen LogP contribution in [0.2, 0.25) is 0 Å². The van der Waals surface area contributed by atoms with Crippen LogP contribution in [0.1, 0.15) is 18.0 Å². The minimum Gasteiger partial charge on any atom is -0.468 e. The summed E-state index contributed by atoms with van der Waals surface area (Å²) in [5, 5.41) is 6.62. The van der Waals surface area contributed by atoms with Gasteiger partial charge in [0, 0.05) is 12.6 Å². The molecule has 0 spiro atoms. The Bertz CT molecular complexity index is 361. The third-order valence-corrected chi connectivity index (χ3v) is 3.03. The Morgan fingerprint density at radius 3 is 2.82 bits per heavy atom. The van der Waals surface area contributed by atoms with Crippen molar-refractivity contribution >= 4 is 5.97 Å². The maximum absolute atomic E-state index is 11.8. The SMILES string of the molecule is COC(=O)[C@H](N[C@@H]1CCNC1)c1ccccc1. The van der Waals surface area contributed by atoms with Crippen LogP contribution in [-0.2, 0) is 9.53 Å². The normalized spacial score (nSPS) is 21.1. The van der Waals surface area contributed by atoms with Crippen molar-refractivity contribution in [1.82, 2.24) is 10.6 Å². The van der Waals surface area contributed by atoms with E-state index in [4.69, 9.17) is 4.74 Å². The zero-order valence-electron chi connectivity index (χ0n) is 9.98. The zero-order valence-corrected chi connectivity index (χ0v) is 9.98. The average molecular weight is 234 g/mol. The van der Waals surface area contributed by atoms with Gasteiger partial charge in [-0.1, -0.05) is 30.3 Å². The molecule has 1 aromatic rings. The van der Waals surface area contributed by atoms with Crippen LogP contribution in [0.15, 0.2) is 30.3 Å². The first-order valence-corrected chi connectivity index (χ1v) is 5.91. The van der Waals surface area contributed by atoms with Gasteiger partial charge in [-0.25, -0.2) is 4.79 Å². The van der Waals surface area contributed by atoms with Crippen LogP contribution in [-0.4, -0.2) is 32.2 Å². The van der Waals surface area contributed by atoms with E-state index in [-0.39, 0.29) is 12.0 Å². The molecule has 2 N–H and O–H groups in total. The van der Waals surface area contributed by atoms with Crippen molar-refractivity contribution in [3.63, 3.8) is 0 Å². The van der Waals surface area contributed by atoms with E-state index in [1.54, 1.807) is 0 Å². The van der Waals surface area contributed by atoms with Gasteiger partial charge in [0.2, 0.25) is 0 Å². The Morgan fingerprint density at radius 2 is 2.24 bits per heavy atom. The number of rotatable bonds is 4. The standard InChI is InChI=1S/C13H18N2O2/c1-17-13(16)12(10-5-3-2-4-6-10)15-11-7-8-14-9-11/h2-6,11-12,14-15H,7-9H2,1H3/t11-,12-/m1/s1. The number of esters is 1. The van der Waals surface area contributed by atoms with Crippen molar-refractivity contribution < 1.29 is 9.53 Å². The average Bonchev–Trinajstić information content (AvgIpc) is 2.89. The summed E-state index contributed by atoms with van der Waals surface area (Å²) in [6, 6.07) is 9.65. The summed E-state index contributed by atoms with van der Waals surface area (Å²) in [5.74, 6) is -0.233. The molecule has 1 heterocycles. The number of hydrogen-bond donors (Lipinski definition) is 2. The highest BCUT2D eigenvalue weighted by molar-refractivity contribution is 5.77. The van der Waals surface area contributed by atoms with Crippen molar-refractivity contribution in [3.05, 3.63) is 35.9 Å². The van der Waals surface area contributed by atoms with E-state index in [9.17, 15) is 4.79 Å². The molecule has 0 radical (unpaired) electrons. The van der Waals surface area contributed by atoms with E-state index in [0.29, 0.717) is 6.04 Å². The molecule has 0 aliphatic carbocycles. The summed E-state index contributed by atoms with van der Waals surface area (Å²) in [6.07, 6.45) is 1.04. The van der Waals surface area contributed by atoms with Gasteiger partial charge in [-0.15, -0.1) is 0 Å². The second kappa shape index (κ2) is 5.80. The summed E-state index contributed by atoms with van der Waals surface area (Å²) < 4.78 is 4.86. The van der Waals surface area contributed by atoms with Crippen molar-refractivity contribution in [2.75, 3.05) is 20.2 Å². The molecule has 1 fully saturated rings. The van der Waals surface area contributed by atoms with Gasteiger partial charge in [0.1, 0.15) is 6.04 Å². The number of carbonyl (C=O) groups is 1. The highest BCUT2D eigenvalue weighted by Gasteiger charge is 2.25. The Morgan fingerprint density at radius 1 is 1.47 bits per heavy atom. The minimum atomic E-state index is -0.369. The van der Waals surface area contributed by atoms with Crippen LogP contribution >= 0.6 is 0 Å². The molecule has 2 rings (SSSR count). The molecule has 0 bridgehead atoms. The first kappa shape index (κ1) is 12.1. The fourth-order valence-corrected chi connectivity index (χ4v) is 2.10. The molecular weight excluding hydrogens is 216 g/mol. The zero-order chi connectivity index (χ0) is 12.1. The number of nitrogens with one attached hydrogen (secondary N) is 2. The molecule has 1 saturated heterocycles. The molecule has 0 amide bonds. The molecule has 0 unspecified atom stereocenters. The lowest BCUT2D eigenvalue weighted by Gasteiger charge is -2.20. The Labute approximate surface area is 101 Å². The van der Waals surface area contributed by atoms with Crippen LogP contribution in [0.5, 0.6) is 0 Å². The van der Waals surface area contributed by atoms with E-state index in [0.717, 1.165) is 25.1 Å². The van der Waals surface area contributed by atoms with Crippen LogP contribution in [0.25, 0.3) is 0 Å². The number of hydrogen-bond acceptors (Lipinski definition) is 4. The number of benzene rings is 1. The van der Waals surface area contributed by atoms with E-state index >= 15 is 0 Å². The molecule has 0 aromatic heterocycles. The predicted molar refractivity (Wildman–Crippen MR) is 65.6 cm³/mol. The first-order chi connectivity index (χ1) is 8.31. The molecule has 17 heavy (non-hydrogen) atoms. The third kappa shape index (κ3) is 3.05. The maximum atomic E-state index is 11.8. The lowest BCUT2D eigenvalue weighted by atomic mass is 10.1. The Hall–Kier alpha value is -1.39. The largest absolute Gasteiger partial charge is 0.468 e. The van der Waals surface area contributed by atoms with Gasteiger partial charge in [0.25, 0.3) is 0 Å². The molecule has 2 atom stereocenters. The van der Waals surface area contributed by atoms with Gasteiger partial charge >= 0.3 is 5.97 Å². The van der Waals surface area contributed by atoms with E-state index in [1.807, 2.05) is 30.3 Å². The molecule has 1 aliphatic rings. The smallest absolute Gasteiger partial charge is 0.327 e. The third-order valence-electron chi connectivity index (χ3n) is 3.03. The Kier molecular flexibility index (Phi) is 4.12. The van der Waals surface area contributed by atoms with Gasteiger partial charge in [0.15, 0.2) is 0 Å². The summed E-state index contributed by atoms with van der Waals surface area (Å²) in [7, 11) is 1.42. The molecular formula is C13H18N2O2. The lowest BCUT2D eigenvalue weighted by molar-refractivity contribution is -0.143. The van der Waals surface area contributed by atoms with Crippen molar-refractivity contribution in [3.8, 4) is 0 Å². The summed E-state index contributed by atoms with van der Waals surface area (Å²) >= 11 is 0. The quantitative estimate of drug-likeness (QED) is 0.758. The minimum absolute atomic E-state index is 0.233. The second-order valence-electron chi connectivity index (χ2n) is 4.22. The fourth-order valence-electron chi connectivity index (χ4n) is 2.10. The van der Waals surface area contributed by atoms with Gasteiger partial charge in [-0.2, -0.15) is 0 Å². The molecule has 0 saturated carbocycles. The maximum Gasteiger partial charge on any atom is 0.327 e. The van der Waals surface area contributed by atoms with E-state index in [2.05, 4.69) is 10.6 Å². The van der Waals surface area contributed by atoms with Crippen LogP contribution in [0.3, 0.4) is 0 Å². The van der Waals surface area contributed by atoms with Gasteiger partial charge in [-0.3, -0.25) is 5.32 Å². The number of ether oxygens (including phenoxy) is 1. The van der Waals surface area contributed by atoms with E-state index in [1.165, 1.54) is 7.11 Å². The van der Waals surface area contributed by atoms with Crippen LogP contribution in [0, 0.1) is 0 Å². The predicted octanol–water partition coefficient (Wildman–Crippen LogP) is 0.852. The van der Waals surface area contributed by atoms with Gasteiger partial charge < -0.3 is 10.1 Å². The monoisotopic (exact) mass is 234 g/mol. The molecule has 4 heteroatoms.